The van der Waals surface area contributed by atoms with Gasteiger partial charge in [-0.25, -0.2) is 4.68 Å². The van der Waals surface area contributed by atoms with Crippen LogP contribution in [0.5, 0.6) is 0 Å². The molecule has 2 atom stereocenters. The molecule has 0 radical (unpaired) electrons. The summed E-state index contributed by atoms with van der Waals surface area (Å²) in [6.07, 6.45) is -1.25. The van der Waals surface area contributed by atoms with E-state index in [1.54, 1.807) is 18.2 Å². The first kappa shape index (κ1) is 19.6. The smallest absolute Gasteiger partial charge is 0.294 e. The van der Waals surface area contributed by atoms with E-state index in [-0.39, 0.29) is 22.8 Å². The predicted molar refractivity (Wildman–Crippen MR) is 101 cm³/mol. The molecule has 7 heteroatoms. The van der Waals surface area contributed by atoms with Crippen molar-refractivity contribution in [3.05, 3.63) is 59.4 Å². The molecule has 0 N–H and O–H groups in total. The van der Waals surface area contributed by atoms with Gasteiger partial charge >= 0.3 is 6.18 Å². The molecule has 2 aromatic rings. The zero-order chi connectivity index (χ0) is 21.2. The lowest BCUT2D eigenvalue weighted by atomic mass is 9.70. The lowest BCUT2D eigenvalue weighted by Gasteiger charge is -2.31. The third-order valence-electron chi connectivity index (χ3n) is 6.96. The van der Waals surface area contributed by atoms with Gasteiger partial charge in [0.05, 0.1) is 17.4 Å². The number of allylic oxidation sites excluding steroid dienone is 2. The number of rotatable bonds is 3. The second-order valence-electron chi connectivity index (χ2n) is 8.59. The van der Waals surface area contributed by atoms with Crippen molar-refractivity contribution in [2.75, 3.05) is 0 Å². The molecule has 1 aromatic heterocycles. The average Bonchev–Trinajstić information content (AvgIpc) is 3.24. The minimum atomic E-state index is -4.78. The number of hydrogen-bond donors (Lipinski definition) is 0. The Labute approximate surface area is 166 Å². The van der Waals surface area contributed by atoms with Gasteiger partial charge in [0.15, 0.2) is 17.3 Å². The summed E-state index contributed by atoms with van der Waals surface area (Å²) in [7, 11) is 0. The van der Waals surface area contributed by atoms with Gasteiger partial charge in [0, 0.05) is 11.0 Å². The fraction of sp³-hybridized carbons (Fsp3) is 0.409. The first-order valence-corrected chi connectivity index (χ1v) is 9.50. The molecule has 0 amide bonds. The van der Waals surface area contributed by atoms with Crippen LogP contribution < -0.4 is 0 Å². The Balaban J connectivity index is 1.79. The van der Waals surface area contributed by atoms with E-state index >= 15 is 0 Å². The number of para-hydroxylation sites is 1. The summed E-state index contributed by atoms with van der Waals surface area (Å²) < 4.78 is 42.2. The SMILES string of the molecule is CC1(C)[C@@H]2CC[C@@]1(C)C(=O)C2=CC(=O)c1cnn(-c2ccccc2)c1C(F)(F)F. The zero-order valence-corrected chi connectivity index (χ0v) is 16.4. The van der Waals surface area contributed by atoms with Crippen LogP contribution in [0.2, 0.25) is 0 Å². The number of halogens is 3. The van der Waals surface area contributed by atoms with Crippen molar-refractivity contribution in [3.8, 4) is 5.69 Å². The summed E-state index contributed by atoms with van der Waals surface area (Å²) in [6, 6.07) is 7.84. The molecule has 2 fully saturated rings. The molecule has 2 aliphatic carbocycles. The van der Waals surface area contributed by atoms with Gasteiger partial charge in [-0.1, -0.05) is 39.0 Å². The number of benzene rings is 1. The van der Waals surface area contributed by atoms with E-state index in [1.165, 1.54) is 12.1 Å². The van der Waals surface area contributed by atoms with Crippen LogP contribution in [0.15, 0.2) is 48.2 Å². The van der Waals surface area contributed by atoms with E-state index in [0.717, 1.165) is 29.8 Å². The predicted octanol–water partition coefficient (Wildman–Crippen LogP) is 5.03. The summed E-state index contributed by atoms with van der Waals surface area (Å²) in [5, 5.41) is 3.82. The Morgan fingerprint density at radius 3 is 2.41 bits per heavy atom. The fourth-order valence-corrected chi connectivity index (χ4v) is 4.88. The van der Waals surface area contributed by atoms with Crippen molar-refractivity contribution in [2.24, 2.45) is 16.7 Å². The Bertz CT molecular complexity index is 1030. The Hall–Kier alpha value is -2.70. The number of nitrogens with zero attached hydrogens (tertiary/aromatic N) is 2. The number of hydrogen-bond acceptors (Lipinski definition) is 3. The maximum absolute atomic E-state index is 13.8. The molecule has 2 saturated carbocycles. The molecule has 1 aromatic carbocycles. The molecule has 29 heavy (non-hydrogen) atoms. The van der Waals surface area contributed by atoms with Crippen LogP contribution in [0.4, 0.5) is 13.2 Å². The zero-order valence-electron chi connectivity index (χ0n) is 16.4. The molecule has 1 heterocycles. The Morgan fingerprint density at radius 1 is 1.21 bits per heavy atom. The van der Waals surface area contributed by atoms with Gasteiger partial charge in [0.25, 0.3) is 0 Å². The third kappa shape index (κ3) is 2.70. The summed E-state index contributed by atoms with van der Waals surface area (Å²) in [5.74, 6) is -1.09. The molecule has 152 valence electrons. The van der Waals surface area contributed by atoms with Crippen LogP contribution >= 0.6 is 0 Å². The van der Waals surface area contributed by atoms with Crippen molar-refractivity contribution >= 4 is 11.6 Å². The van der Waals surface area contributed by atoms with Crippen molar-refractivity contribution in [1.29, 1.82) is 0 Å². The van der Waals surface area contributed by atoms with E-state index in [0.29, 0.717) is 5.57 Å². The first-order valence-electron chi connectivity index (χ1n) is 9.50. The fourth-order valence-electron chi connectivity index (χ4n) is 4.88. The lowest BCUT2D eigenvalue weighted by molar-refractivity contribution is -0.143. The standard InChI is InChI=1S/C22H21F3N2O2/c1-20(2)16-9-10-21(20,3)19(29)14(16)11-17(28)15-12-26-27(18(15)22(23,24)25)13-7-5-4-6-8-13/h4-8,11-12,16H,9-10H2,1-3H3/t16-,21+/m1/s1. The molecule has 0 saturated heterocycles. The molecule has 0 spiro atoms. The highest BCUT2D eigenvalue weighted by molar-refractivity contribution is 6.13. The number of aromatic nitrogens is 2. The van der Waals surface area contributed by atoms with Crippen LogP contribution in [-0.4, -0.2) is 21.3 Å². The third-order valence-corrected chi connectivity index (χ3v) is 6.96. The van der Waals surface area contributed by atoms with E-state index < -0.39 is 28.6 Å². The molecule has 2 aliphatic rings. The summed E-state index contributed by atoms with van der Waals surface area (Å²) in [4.78, 5) is 25.8. The highest BCUT2D eigenvalue weighted by atomic mass is 19.4. The Kier molecular flexibility index (Phi) is 4.16. The highest BCUT2D eigenvalue weighted by Crippen LogP contribution is 2.65. The number of ketones is 2. The van der Waals surface area contributed by atoms with Crippen LogP contribution in [0, 0.1) is 16.7 Å². The van der Waals surface area contributed by atoms with Crippen LogP contribution in [0.3, 0.4) is 0 Å². The van der Waals surface area contributed by atoms with Crippen molar-refractivity contribution in [2.45, 2.75) is 39.8 Å². The lowest BCUT2D eigenvalue weighted by Crippen LogP contribution is -2.32. The van der Waals surface area contributed by atoms with Crippen molar-refractivity contribution in [1.82, 2.24) is 9.78 Å². The second kappa shape index (κ2) is 6.15. The van der Waals surface area contributed by atoms with Gasteiger partial charge in [-0.05, 0) is 42.4 Å². The number of carbonyl (C=O) groups excluding carboxylic acids is 2. The number of alkyl halides is 3. The Morgan fingerprint density at radius 2 is 1.86 bits per heavy atom. The van der Waals surface area contributed by atoms with Gasteiger partial charge < -0.3 is 0 Å². The molecule has 0 aliphatic heterocycles. The molecular weight excluding hydrogens is 381 g/mol. The minimum absolute atomic E-state index is 0.123. The number of carbonyl (C=O) groups is 2. The average molecular weight is 402 g/mol. The van der Waals surface area contributed by atoms with Gasteiger partial charge in [0.1, 0.15) is 0 Å². The normalized spacial score (nSPS) is 27.0. The summed E-state index contributed by atoms with van der Waals surface area (Å²) in [5.41, 5.74) is -2.04. The summed E-state index contributed by atoms with van der Waals surface area (Å²) in [6.45, 7) is 5.86. The first-order chi connectivity index (χ1) is 13.5. The van der Waals surface area contributed by atoms with Gasteiger partial charge in [-0.3, -0.25) is 9.59 Å². The molecule has 4 nitrogen and oxygen atoms in total. The van der Waals surface area contributed by atoms with Crippen molar-refractivity contribution in [3.63, 3.8) is 0 Å². The summed E-state index contributed by atoms with van der Waals surface area (Å²) >= 11 is 0. The number of fused-ring (bicyclic) bond motifs is 2. The molecule has 4 rings (SSSR count). The van der Waals surface area contributed by atoms with Gasteiger partial charge in [-0.2, -0.15) is 18.3 Å². The topological polar surface area (TPSA) is 52.0 Å². The van der Waals surface area contributed by atoms with E-state index in [2.05, 4.69) is 5.10 Å². The maximum Gasteiger partial charge on any atom is 0.434 e. The van der Waals surface area contributed by atoms with E-state index in [4.69, 9.17) is 0 Å². The van der Waals surface area contributed by atoms with E-state index in [9.17, 15) is 22.8 Å². The molecular formula is C22H21F3N2O2. The second-order valence-corrected chi connectivity index (χ2v) is 8.59. The van der Waals surface area contributed by atoms with Gasteiger partial charge in [-0.15, -0.1) is 0 Å². The van der Waals surface area contributed by atoms with Crippen LogP contribution in [0.25, 0.3) is 5.69 Å². The largest absolute Gasteiger partial charge is 0.434 e. The van der Waals surface area contributed by atoms with E-state index in [1.807, 2.05) is 20.8 Å². The van der Waals surface area contributed by atoms with Gasteiger partial charge in [0.2, 0.25) is 0 Å². The quantitative estimate of drug-likeness (QED) is 0.535. The van der Waals surface area contributed by atoms with Crippen LogP contribution in [-0.2, 0) is 11.0 Å². The molecule has 2 bridgehead atoms. The monoisotopic (exact) mass is 402 g/mol. The highest BCUT2D eigenvalue weighted by Gasteiger charge is 2.64. The minimum Gasteiger partial charge on any atom is -0.294 e. The maximum atomic E-state index is 13.8. The van der Waals surface area contributed by atoms with Crippen LogP contribution in [0.1, 0.15) is 49.7 Å². The number of Topliss-reactive ketones (excluding diaryl/α,β-unsaturated/α-hetero) is 1. The van der Waals surface area contributed by atoms with Crippen molar-refractivity contribution < 1.29 is 22.8 Å². The molecule has 0 unspecified atom stereocenters.